The first-order chi connectivity index (χ1) is 9.77. The monoisotopic (exact) mass is 386 g/mol. The standard InChI is InChI=1S/C18H32O2.Pd/c1-2-3-4-5-6-7-8-9-10-11-12-13-14-15-16-17-18(19)20;/h6-7,9-10H,2-5,8,11-17H2,1H3,(H,19,20);/b7-6-,10-9-;. The number of carbonyl (C=O) groups is 1. The Morgan fingerprint density at radius 1 is 0.810 bits per heavy atom. The predicted octanol–water partition coefficient (Wildman–Crippen LogP) is 5.88. The molecule has 0 heterocycles. The molecule has 0 aliphatic rings. The maximum Gasteiger partial charge on any atom is 0.303 e. The molecule has 0 atom stereocenters. The third kappa shape index (κ3) is 22.0. The molecule has 0 aliphatic carbocycles. The number of carboxylic acids is 1. The van der Waals surface area contributed by atoms with Crippen LogP contribution in [-0.4, -0.2) is 11.1 Å². The second-order valence-electron chi connectivity index (χ2n) is 5.37. The molecule has 0 spiro atoms. The van der Waals surface area contributed by atoms with E-state index in [1.54, 1.807) is 0 Å². The fraction of sp³-hybridized carbons (Fsp3) is 0.722. The SMILES string of the molecule is CCCCC/C=C\C/C=C\CCCCCCCC(=O)O.[Pd]. The van der Waals surface area contributed by atoms with E-state index in [0.717, 1.165) is 25.7 Å². The van der Waals surface area contributed by atoms with Crippen molar-refractivity contribution in [1.82, 2.24) is 0 Å². The van der Waals surface area contributed by atoms with Crippen molar-refractivity contribution in [3.8, 4) is 0 Å². The third-order valence-electron chi connectivity index (χ3n) is 3.34. The number of hydrogen-bond donors (Lipinski definition) is 1. The van der Waals surface area contributed by atoms with Crippen LogP contribution in [0, 0.1) is 0 Å². The molecule has 21 heavy (non-hydrogen) atoms. The van der Waals surface area contributed by atoms with E-state index in [-0.39, 0.29) is 20.4 Å². The predicted molar refractivity (Wildman–Crippen MR) is 87.0 cm³/mol. The van der Waals surface area contributed by atoms with Gasteiger partial charge in [-0.2, -0.15) is 0 Å². The van der Waals surface area contributed by atoms with Gasteiger partial charge in [0.05, 0.1) is 0 Å². The van der Waals surface area contributed by atoms with Gasteiger partial charge >= 0.3 is 5.97 Å². The first-order valence-electron chi connectivity index (χ1n) is 8.29. The zero-order valence-electron chi connectivity index (χ0n) is 13.5. The molecule has 3 heteroatoms. The van der Waals surface area contributed by atoms with Crippen molar-refractivity contribution >= 4 is 5.97 Å². The van der Waals surface area contributed by atoms with E-state index in [2.05, 4.69) is 31.2 Å². The van der Waals surface area contributed by atoms with Gasteiger partial charge in [0.1, 0.15) is 0 Å². The van der Waals surface area contributed by atoms with Gasteiger partial charge in [0.15, 0.2) is 0 Å². The van der Waals surface area contributed by atoms with E-state index in [0.29, 0.717) is 6.42 Å². The van der Waals surface area contributed by atoms with Crippen LogP contribution in [0.5, 0.6) is 0 Å². The molecule has 0 fully saturated rings. The first kappa shape index (κ1) is 22.9. The summed E-state index contributed by atoms with van der Waals surface area (Å²) in [6.45, 7) is 2.23. The molecule has 0 aliphatic heterocycles. The number of unbranched alkanes of at least 4 members (excludes halogenated alkanes) is 8. The Kier molecular flexibility index (Phi) is 21.4. The zero-order chi connectivity index (χ0) is 14.9. The molecule has 0 bridgehead atoms. The minimum Gasteiger partial charge on any atom is -0.481 e. The van der Waals surface area contributed by atoms with Gasteiger partial charge in [-0.3, -0.25) is 4.79 Å². The van der Waals surface area contributed by atoms with Crippen molar-refractivity contribution in [3.63, 3.8) is 0 Å². The second-order valence-corrected chi connectivity index (χ2v) is 5.37. The minimum absolute atomic E-state index is 0. The summed E-state index contributed by atoms with van der Waals surface area (Å²) in [5, 5.41) is 8.50. The summed E-state index contributed by atoms with van der Waals surface area (Å²) < 4.78 is 0. The van der Waals surface area contributed by atoms with Crippen LogP contribution in [0.4, 0.5) is 0 Å². The summed E-state index contributed by atoms with van der Waals surface area (Å²) in [5.74, 6) is -0.671. The Balaban J connectivity index is 0. The molecule has 0 amide bonds. The van der Waals surface area contributed by atoms with Crippen LogP contribution >= 0.6 is 0 Å². The Hall–Kier alpha value is -0.388. The van der Waals surface area contributed by atoms with Crippen molar-refractivity contribution < 1.29 is 30.3 Å². The molecule has 0 aromatic rings. The molecule has 0 saturated heterocycles. The van der Waals surface area contributed by atoms with Gasteiger partial charge in [-0.05, 0) is 38.5 Å². The number of rotatable bonds is 14. The molecule has 0 aromatic heterocycles. The van der Waals surface area contributed by atoms with Crippen LogP contribution in [0.15, 0.2) is 24.3 Å². The van der Waals surface area contributed by atoms with Crippen LogP contribution in [-0.2, 0) is 25.2 Å². The zero-order valence-corrected chi connectivity index (χ0v) is 15.0. The fourth-order valence-corrected chi connectivity index (χ4v) is 2.09. The summed E-state index contributed by atoms with van der Waals surface area (Å²) in [4.78, 5) is 10.3. The number of allylic oxidation sites excluding steroid dienone is 4. The summed E-state index contributed by atoms with van der Waals surface area (Å²) >= 11 is 0. The largest absolute Gasteiger partial charge is 0.481 e. The summed E-state index contributed by atoms with van der Waals surface area (Å²) in [6.07, 6.45) is 22.3. The van der Waals surface area contributed by atoms with Gasteiger partial charge in [0.25, 0.3) is 0 Å². The quantitative estimate of drug-likeness (QED) is 0.230. The van der Waals surface area contributed by atoms with Gasteiger partial charge in [0.2, 0.25) is 0 Å². The molecule has 1 N–H and O–H groups in total. The summed E-state index contributed by atoms with van der Waals surface area (Å²) in [5.41, 5.74) is 0. The molecule has 2 nitrogen and oxygen atoms in total. The number of aliphatic carboxylic acids is 1. The maximum atomic E-state index is 10.3. The van der Waals surface area contributed by atoms with Crippen molar-refractivity contribution in [3.05, 3.63) is 24.3 Å². The Labute approximate surface area is 144 Å². The Bertz CT molecular complexity index is 272. The maximum absolute atomic E-state index is 10.3. The molecule has 0 aromatic carbocycles. The van der Waals surface area contributed by atoms with E-state index in [1.165, 1.54) is 44.9 Å². The van der Waals surface area contributed by atoms with E-state index >= 15 is 0 Å². The molecule has 0 rings (SSSR count). The number of hydrogen-bond acceptors (Lipinski definition) is 1. The average Bonchev–Trinajstić information content (AvgIpc) is 2.43. The molecular formula is C18H32O2Pd. The molecule has 0 saturated carbocycles. The van der Waals surface area contributed by atoms with Crippen LogP contribution in [0.3, 0.4) is 0 Å². The Morgan fingerprint density at radius 2 is 1.33 bits per heavy atom. The topological polar surface area (TPSA) is 37.3 Å². The van der Waals surface area contributed by atoms with Gasteiger partial charge in [-0.15, -0.1) is 0 Å². The molecule has 126 valence electrons. The fourth-order valence-electron chi connectivity index (χ4n) is 2.09. The van der Waals surface area contributed by atoms with Crippen LogP contribution < -0.4 is 0 Å². The van der Waals surface area contributed by atoms with Gasteiger partial charge in [-0.1, -0.05) is 63.3 Å². The first-order valence-corrected chi connectivity index (χ1v) is 8.29. The van der Waals surface area contributed by atoms with Gasteiger partial charge in [0, 0.05) is 26.8 Å². The average molecular weight is 387 g/mol. The van der Waals surface area contributed by atoms with E-state index in [4.69, 9.17) is 5.11 Å². The van der Waals surface area contributed by atoms with Crippen LogP contribution in [0.2, 0.25) is 0 Å². The van der Waals surface area contributed by atoms with Gasteiger partial charge < -0.3 is 5.11 Å². The second kappa shape index (κ2) is 19.6. The minimum atomic E-state index is -0.671. The normalized spacial score (nSPS) is 11.1. The molecule has 0 radical (unpaired) electrons. The van der Waals surface area contributed by atoms with Crippen LogP contribution in [0.1, 0.15) is 84.0 Å². The number of carboxylic acid groups (broad SMARTS) is 1. The third-order valence-corrected chi connectivity index (χ3v) is 3.34. The van der Waals surface area contributed by atoms with Crippen molar-refractivity contribution in [2.75, 3.05) is 0 Å². The summed E-state index contributed by atoms with van der Waals surface area (Å²) in [7, 11) is 0. The van der Waals surface area contributed by atoms with Gasteiger partial charge in [-0.25, -0.2) is 0 Å². The Morgan fingerprint density at radius 3 is 1.90 bits per heavy atom. The van der Waals surface area contributed by atoms with E-state index in [9.17, 15) is 4.79 Å². The van der Waals surface area contributed by atoms with E-state index < -0.39 is 5.97 Å². The smallest absolute Gasteiger partial charge is 0.303 e. The van der Waals surface area contributed by atoms with Crippen molar-refractivity contribution in [2.45, 2.75) is 84.0 Å². The molecule has 0 unspecified atom stereocenters. The van der Waals surface area contributed by atoms with Crippen LogP contribution in [0.25, 0.3) is 0 Å². The van der Waals surface area contributed by atoms with Crippen molar-refractivity contribution in [2.24, 2.45) is 0 Å². The molecular weight excluding hydrogens is 355 g/mol. The van der Waals surface area contributed by atoms with E-state index in [1.807, 2.05) is 0 Å². The van der Waals surface area contributed by atoms with Crippen molar-refractivity contribution in [1.29, 1.82) is 0 Å². The summed E-state index contributed by atoms with van der Waals surface area (Å²) in [6, 6.07) is 0.